The highest BCUT2D eigenvalue weighted by Gasteiger charge is 2.25. The molecular weight excluding hydrogens is 396 g/mol. The zero-order valence-electron chi connectivity index (χ0n) is 16.1. The van der Waals surface area contributed by atoms with Gasteiger partial charge in [-0.05, 0) is 17.7 Å². The first-order chi connectivity index (χ1) is 14.5. The lowest BCUT2D eigenvalue weighted by atomic mass is 10.1. The molecule has 0 saturated carbocycles. The fourth-order valence-corrected chi connectivity index (χ4v) is 3.57. The number of morpholine rings is 1. The van der Waals surface area contributed by atoms with Gasteiger partial charge in [-0.1, -0.05) is 41.6 Å². The summed E-state index contributed by atoms with van der Waals surface area (Å²) in [6.07, 6.45) is -1.30. The Balaban J connectivity index is 1.42. The molecule has 7 nitrogen and oxygen atoms in total. The van der Waals surface area contributed by atoms with Gasteiger partial charge in [-0.15, -0.1) is 0 Å². The molecule has 4 rings (SSSR count). The van der Waals surface area contributed by atoms with E-state index in [2.05, 4.69) is 5.16 Å². The minimum absolute atomic E-state index is 0.0137. The summed E-state index contributed by atoms with van der Waals surface area (Å²) < 4.78 is 38.5. The number of β-amino-alcohol motifs (C(OH)–C–C–N with tert-alkyl or cyclic N) is 1. The number of halogens is 2. The van der Waals surface area contributed by atoms with Gasteiger partial charge in [-0.25, -0.2) is 13.6 Å². The van der Waals surface area contributed by atoms with Gasteiger partial charge < -0.3 is 9.84 Å². The number of aliphatic hydroxyl groups is 1. The van der Waals surface area contributed by atoms with E-state index in [-0.39, 0.29) is 13.1 Å². The Bertz CT molecular complexity index is 1050. The van der Waals surface area contributed by atoms with Crippen molar-refractivity contribution in [1.82, 2.24) is 14.6 Å². The van der Waals surface area contributed by atoms with Crippen molar-refractivity contribution in [3.63, 3.8) is 0 Å². The first-order valence-electron chi connectivity index (χ1n) is 9.60. The van der Waals surface area contributed by atoms with Gasteiger partial charge in [0.25, 0.3) is 0 Å². The van der Waals surface area contributed by atoms with Crippen LogP contribution in [0.15, 0.2) is 57.8 Å². The van der Waals surface area contributed by atoms with Crippen LogP contribution in [-0.4, -0.2) is 52.1 Å². The minimum atomic E-state index is -0.923. The van der Waals surface area contributed by atoms with E-state index in [4.69, 9.17) is 9.26 Å². The summed E-state index contributed by atoms with van der Waals surface area (Å²) >= 11 is 0. The lowest BCUT2D eigenvalue weighted by Crippen LogP contribution is -2.43. The Morgan fingerprint density at radius 2 is 1.93 bits per heavy atom. The second-order valence-corrected chi connectivity index (χ2v) is 7.20. The van der Waals surface area contributed by atoms with Gasteiger partial charge in [0.15, 0.2) is 17.5 Å². The molecule has 30 heavy (non-hydrogen) atoms. The van der Waals surface area contributed by atoms with Gasteiger partial charge in [-0.2, -0.15) is 0 Å². The molecule has 1 N–H and O–H groups in total. The molecule has 9 heteroatoms. The van der Waals surface area contributed by atoms with Crippen molar-refractivity contribution in [1.29, 1.82) is 0 Å². The highest BCUT2D eigenvalue weighted by Crippen LogP contribution is 2.24. The first-order valence-corrected chi connectivity index (χ1v) is 9.60. The molecular formula is C21H21F2N3O4. The quantitative estimate of drug-likeness (QED) is 0.663. The maximum Gasteiger partial charge on any atom is 0.441 e. The summed E-state index contributed by atoms with van der Waals surface area (Å²) in [6, 6.07) is 12.8. The molecule has 0 bridgehead atoms. The number of benzene rings is 2. The molecule has 2 atom stereocenters. The second kappa shape index (κ2) is 8.86. The molecule has 2 aromatic carbocycles. The zero-order chi connectivity index (χ0) is 21.1. The lowest BCUT2D eigenvalue weighted by molar-refractivity contribution is -0.0436. The van der Waals surface area contributed by atoms with Crippen LogP contribution in [0, 0.1) is 11.6 Å². The van der Waals surface area contributed by atoms with Crippen LogP contribution in [0.4, 0.5) is 8.78 Å². The van der Waals surface area contributed by atoms with E-state index < -0.39 is 29.6 Å². The molecule has 1 saturated heterocycles. The maximum atomic E-state index is 13.5. The summed E-state index contributed by atoms with van der Waals surface area (Å²) in [5, 5.41) is 14.4. The second-order valence-electron chi connectivity index (χ2n) is 7.20. The SMILES string of the molecule is O=c1onc(-c2ccccc2)n1CC(O)CN1CCOC(c2ccc(F)c(F)c2)C1. The molecule has 158 valence electrons. The fourth-order valence-electron chi connectivity index (χ4n) is 3.57. The Labute approximate surface area is 171 Å². The van der Waals surface area contributed by atoms with Gasteiger partial charge in [0.2, 0.25) is 0 Å². The van der Waals surface area contributed by atoms with E-state index in [1.54, 1.807) is 12.1 Å². The Morgan fingerprint density at radius 3 is 2.70 bits per heavy atom. The van der Waals surface area contributed by atoms with Gasteiger partial charge >= 0.3 is 5.76 Å². The predicted octanol–water partition coefficient (Wildman–Crippen LogP) is 2.22. The molecule has 0 radical (unpaired) electrons. The zero-order valence-corrected chi connectivity index (χ0v) is 16.1. The van der Waals surface area contributed by atoms with Crippen molar-refractivity contribution in [3.05, 3.63) is 76.3 Å². The molecule has 1 aliphatic rings. The number of rotatable bonds is 6. The summed E-state index contributed by atoms with van der Waals surface area (Å²) in [5.74, 6) is -2.13. The number of aromatic nitrogens is 2. The molecule has 1 fully saturated rings. The topological polar surface area (TPSA) is 80.7 Å². The van der Waals surface area contributed by atoms with E-state index in [0.717, 1.165) is 12.1 Å². The van der Waals surface area contributed by atoms with E-state index in [1.807, 2.05) is 23.1 Å². The molecule has 0 spiro atoms. The third kappa shape index (κ3) is 4.48. The van der Waals surface area contributed by atoms with Crippen LogP contribution in [0.2, 0.25) is 0 Å². The first kappa shape index (κ1) is 20.4. The van der Waals surface area contributed by atoms with Crippen molar-refractivity contribution >= 4 is 0 Å². The number of hydrogen-bond acceptors (Lipinski definition) is 6. The van der Waals surface area contributed by atoms with Crippen LogP contribution in [0.3, 0.4) is 0 Å². The Morgan fingerprint density at radius 1 is 1.13 bits per heavy atom. The average molecular weight is 417 g/mol. The summed E-state index contributed by atoms with van der Waals surface area (Å²) in [6.45, 7) is 1.65. The molecule has 2 unspecified atom stereocenters. The monoisotopic (exact) mass is 417 g/mol. The van der Waals surface area contributed by atoms with Crippen LogP contribution < -0.4 is 5.76 Å². The molecule has 3 aromatic rings. The van der Waals surface area contributed by atoms with Crippen LogP contribution in [-0.2, 0) is 11.3 Å². The summed E-state index contributed by atoms with van der Waals surface area (Å²) in [5.41, 5.74) is 1.25. The molecule has 1 aliphatic heterocycles. The summed E-state index contributed by atoms with van der Waals surface area (Å²) in [7, 11) is 0. The van der Waals surface area contributed by atoms with Crippen molar-refractivity contribution in [2.24, 2.45) is 0 Å². The van der Waals surface area contributed by atoms with E-state index in [9.17, 15) is 18.7 Å². The molecule has 1 aromatic heterocycles. The molecule has 0 amide bonds. The normalized spacial score (nSPS) is 18.4. The average Bonchev–Trinajstić information content (AvgIpc) is 3.11. The predicted molar refractivity (Wildman–Crippen MR) is 104 cm³/mol. The van der Waals surface area contributed by atoms with Crippen LogP contribution in [0.25, 0.3) is 11.4 Å². The third-order valence-electron chi connectivity index (χ3n) is 5.05. The summed E-state index contributed by atoms with van der Waals surface area (Å²) in [4.78, 5) is 14.0. The smallest absolute Gasteiger partial charge is 0.390 e. The Kier molecular flexibility index (Phi) is 6.03. The largest absolute Gasteiger partial charge is 0.441 e. The van der Waals surface area contributed by atoms with E-state index in [0.29, 0.717) is 36.6 Å². The van der Waals surface area contributed by atoms with E-state index in [1.165, 1.54) is 10.6 Å². The van der Waals surface area contributed by atoms with Gasteiger partial charge in [0.1, 0.15) is 0 Å². The standard InChI is InChI=1S/C21H21F2N3O4/c22-17-7-6-15(10-18(17)23)19-13-25(8-9-29-19)11-16(27)12-26-20(24-30-21(26)28)14-4-2-1-3-5-14/h1-7,10,16,19,27H,8-9,11-13H2. The number of hydrogen-bond donors (Lipinski definition) is 1. The number of ether oxygens (including phenoxy) is 1. The molecule has 2 heterocycles. The third-order valence-corrected chi connectivity index (χ3v) is 5.05. The van der Waals surface area contributed by atoms with Crippen molar-refractivity contribution in [2.45, 2.75) is 18.8 Å². The fraction of sp³-hybridized carbons (Fsp3) is 0.333. The van der Waals surface area contributed by atoms with Crippen LogP contribution in [0.1, 0.15) is 11.7 Å². The minimum Gasteiger partial charge on any atom is -0.390 e. The van der Waals surface area contributed by atoms with E-state index >= 15 is 0 Å². The van der Waals surface area contributed by atoms with Crippen molar-refractivity contribution in [3.8, 4) is 11.4 Å². The van der Waals surface area contributed by atoms with Gasteiger partial charge in [0.05, 0.1) is 25.4 Å². The van der Waals surface area contributed by atoms with Gasteiger partial charge in [-0.3, -0.25) is 14.0 Å². The Hall–Kier alpha value is -2.88. The highest BCUT2D eigenvalue weighted by atomic mass is 19.2. The van der Waals surface area contributed by atoms with Crippen molar-refractivity contribution in [2.75, 3.05) is 26.2 Å². The van der Waals surface area contributed by atoms with Crippen molar-refractivity contribution < 1.29 is 23.1 Å². The van der Waals surface area contributed by atoms with Crippen LogP contribution in [0.5, 0.6) is 0 Å². The lowest BCUT2D eigenvalue weighted by Gasteiger charge is -2.34. The highest BCUT2D eigenvalue weighted by molar-refractivity contribution is 5.54. The van der Waals surface area contributed by atoms with Gasteiger partial charge in [0, 0.05) is 25.2 Å². The maximum absolute atomic E-state index is 13.5. The molecule has 0 aliphatic carbocycles. The van der Waals surface area contributed by atoms with Crippen LogP contribution >= 0.6 is 0 Å². The number of aliphatic hydroxyl groups excluding tert-OH is 1. The number of nitrogens with zero attached hydrogens (tertiary/aromatic N) is 3.